The Bertz CT molecular complexity index is 751. The third kappa shape index (κ3) is 5.86. The summed E-state index contributed by atoms with van der Waals surface area (Å²) in [6.07, 6.45) is 4.94. The molecular formula is C16H20N2O6S. The lowest BCUT2D eigenvalue weighted by molar-refractivity contribution is -0.123. The van der Waals surface area contributed by atoms with E-state index in [1.165, 1.54) is 24.3 Å². The standard InChI is InChI=1S/C16H20N2O6S/c1-25(22,23)13-8-6-11(7-9-13)15(20)24-10-14(19)18-16(21)17-12-4-2-3-5-12/h6-9,12H,2-5,10H2,1H3,(H2,17,18,19,21). The summed E-state index contributed by atoms with van der Waals surface area (Å²) in [5.41, 5.74) is 0.107. The van der Waals surface area contributed by atoms with Crippen molar-refractivity contribution >= 4 is 27.7 Å². The van der Waals surface area contributed by atoms with Crippen LogP contribution in [-0.4, -0.2) is 45.2 Å². The lowest BCUT2D eigenvalue weighted by atomic mass is 10.2. The molecule has 0 saturated heterocycles. The number of esters is 1. The Labute approximate surface area is 145 Å². The van der Waals surface area contributed by atoms with Crippen molar-refractivity contribution in [2.45, 2.75) is 36.6 Å². The van der Waals surface area contributed by atoms with Crippen LogP contribution in [0.5, 0.6) is 0 Å². The van der Waals surface area contributed by atoms with Gasteiger partial charge in [-0.15, -0.1) is 0 Å². The van der Waals surface area contributed by atoms with Gasteiger partial charge in [-0.05, 0) is 37.1 Å². The van der Waals surface area contributed by atoms with E-state index in [4.69, 9.17) is 4.74 Å². The van der Waals surface area contributed by atoms with E-state index in [0.29, 0.717) is 0 Å². The van der Waals surface area contributed by atoms with E-state index in [1.54, 1.807) is 0 Å². The predicted octanol–water partition coefficient (Wildman–Crippen LogP) is 1.02. The maximum absolute atomic E-state index is 11.8. The molecule has 0 bridgehead atoms. The van der Waals surface area contributed by atoms with Crippen LogP contribution < -0.4 is 10.6 Å². The van der Waals surface area contributed by atoms with E-state index in [-0.39, 0.29) is 16.5 Å². The molecule has 1 aromatic rings. The van der Waals surface area contributed by atoms with E-state index in [1.807, 2.05) is 0 Å². The molecule has 2 rings (SSSR count). The number of ether oxygens (including phenoxy) is 1. The van der Waals surface area contributed by atoms with Gasteiger partial charge in [0.25, 0.3) is 5.91 Å². The zero-order chi connectivity index (χ0) is 18.4. The van der Waals surface area contributed by atoms with Gasteiger partial charge in [-0.1, -0.05) is 12.8 Å². The molecule has 8 nitrogen and oxygen atoms in total. The molecule has 0 aliphatic heterocycles. The first kappa shape index (κ1) is 18.9. The fraction of sp³-hybridized carbons (Fsp3) is 0.438. The molecule has 0 atom stereocenters. The van der Waals surface area contributed by atoms with Crippen LogP contribution in [0.1, 0.15) is 36.0 Å². The SMILES string of the molecule is CS(=O)(=O)c1ccc(C(=O)OCC(=O)NC(=O)NC2CCCC2)cc1. The number of carbonyl (C=O) groups is 3. The Morgan fingerprint density at radius 2 is 1.72 bits per heavy atom. The molecule has 2 N–H and O–H groups in total. The molecule has 1 fully saturated rings. The third-order valence-electron chi connectivity index (χ3n) is 3.80. The second-order valence-corrected chi connectivity index (χ2v) is 7.89. The molecule has 1 saturated carbocycles. The van der Waals surface area contributed by atoms with Crippen LogP contribution in [-0.2, 0) is 19.4 Å². The van der Waals surface area contributed by atoms with Crippen molar-refractivity contribution in [1.82, 2.24) is 10.6 Å². The first-order valence-corrected chi connectivity index (χ1v) is 9.72. The van der Waals surface area contributed by atoms with Gasteiger partial charge in [0.2, 0.25) is 0 Å². The number of urea groups is 1. The normalized spacial score (nSPS) is 14.8. The number of hydrogen-bond acceptors (Lipinski definition) is 6. The first-order valence-electron chi connectivity index (χ1n) is 7.83. The van der Waals surface area contributed by atoms with Crippen molar-refractivity contribution in [3.63, 3.8) is 0 Å². The molecule has 0 radical (unpaired) electrons. The highest BCUT2D eigenvalue weighted by atomic mass is 32.2. The zero-order valence-electron chi connectivity index (χ0n) is 13.8. The second kappa shape index (κ2) is 8.11. The first-order chi connectivity index (χ1) is 11.8. The highest BCUT2D eigenvalue weighted by Gasteiger charge is 2.19. The molecule has 1 aromatic carbocycles. The summed E-state index contributed by atoms with van der Waals surface area (Å²) in [6.45, 7) is -0.606. The minimum absolute atomic E-state index is 0.0729. The molecule has 25 heavy (non-hydrogen) atoms. The number of hydrogen-bond donors (Lipinski definition) is 2. The smallest absolute Gasteiger partial charge is 0.338 e. The molecule has 1 aliphatic rings. The highest BCUT2D eigenvalue weighted by molar-refractivity contribution is 7.90. The Kier molecular flexibility index (Phi) is 6.13. The maximum Gasteiger partial charge on any atom is 0.338 e. The molecule has 0 spiro atoms. The Morgan fingerprint density at radius 1 is 1.12 bits per heavy atom. The molecule has 3 amide bonds. The quantitative estimate of drug-likeness (QED) is 0.749. The van der Waals surface area contributed by atoms with Crippen LogP contribution >= 0.6 is 0 Å². The molecule has 136 valence electrons. The fourth-order valence-corrected chi connectivity index (χ4v) is 3.14. The average molecular weight is 368 g/mol. The van der Waals surface area contributed by atoms with Crippen LogP contribution in [0.2, 0.25) is 0 Å². The van der Waals surface area contributed by atoms with Crippen LogP contribution in [0.15, 0.2) is 29.2 Å². The van der Waals surface area contributed by atoms with Gasteiger partial charge in [-0.2, -0.15) is 0 Å². The summed E-state index contributed by atoms with van der Waals surface area (Å²) in [5, 5.41) is 4.78. The molecule has 0 heterocycles. The molecular weight excluding hydrogens is 348 g/mol. The fourth-order valence-electron chi connectivity index (χ4n) is 2.51. The number of rotatable bonds is 5. The van der Waals surface area contributed by atoms with E-state index >= 15 is 0 Å². The maximum atomic E-state index is 11.8. The van der Waals surface area contributed by atoms with E-state index < -0.39 is 34.4 Å². The summed E-state index contributed by atoms with van der Waals surface area (Å²) in [6, 6.07) is 4.61. The number of amides is 3. The van der Waals surface area contributed by atoms with Crippen molar-refractivity contribution < 1.29 is 27.5 Å². The van der Waals surface area contributed by atoms with Gasteiger partial charge in [-0.25, -0.2) is 18.0 Å². The van der Waals surface area contributed by atoms with Gasteiger partial charge in [-0.3, -0.25) is 10.1 Å². The number of sulfone groups is 1. The van der Waals surface area contributed by atoms with Crippen LogP contribution in [0, 0.1) is 0 Å². The summed E-state index contributed by atoms with van der Waals surface area (Å²) in [5.74, 6) is -1.52. The average Bonchev–Trinajstić information content (AvgIpc) is 3.04. The van der Waals surface area contributed by atoms with Gasteiger partial charge in [0, 0.05) is 12.3 Å². The molecule has 9 heteroatoms. The van der Waals surface area contributed by atoms with Crippen molar-refractivity contribution in [2.24, 2.45) is 0 Å². The van der Waals surface area contributed by atoms with Gasteiger partial charge in [0.05, 0.1) is 10.5 Å². The van der Waals surface area contributed by atoms with Crippen LogP contribution in [0.4, 0.5) is 4.79 Å². The predicted molar refractivity (Wildman–Crippen MR) is 88.8 cm³/mol. The largest absolute Gasteiger partial charge is 0.452 e. The molecule has 0 aromatic heterocycles. The van der Waals surface area contributed by atoms with Crippen molar-refractivity contribution in [3.8, 4) is 0 Å². The van der Waals surface area contributed by atoms with E-state index in [9.17, 15) is 22.8 Å². The second-order valence-electron chi connectivity index (χ2n) is 5.88. The van der Waals surface area contributed by atoms with Gasteiger partial charge < -0.3 is 10.1 Å². The Morgan fingerprint density at radius 3 is 2.28 bits per heavy atom. The highest BCUT2D eigenvalue weighted by Crippen LogP contribution is 2.17. The van der Waals surface area contributed by atoms with E-state index in [0.717, 1.165) is 31.9 Å². The summed E-state index contributed by atoms with van der Waals surface area (Å²) in [4.78, 5) is 35.1. The lowest BCUT2D eigenvalue weighted by Gasteiger charge is -2.12. The van der Waals surface area contributed by atoms with Crippen molar-refractivity contribution in [2.75, 3.05) is 12.9 Å². The monoisotopic (exact) mass is 368 g/mol. The lowest BCUT2D eigenvalue weighted by Crippen LogP contribution is -2.44. The number of benzene rings is 1. The van der Waals surface area contributed by atoms with Crippen LogP contribution in [0.3, 0.4) is 0 Å². The van der Waals surface area contributed by atoms with Crippen LogP contribution in [0.25, 0.3) is 0 Å². The summed E-state index contributed by atoms with van der Waals surface area (Å²) < 4.78 is 27.5. The van der Waals surface area contributed by atoms with Crippen molar-refractivity contribution in [1.29, 1.82) is 0 Å². The molecule has 1 aliphatic carbocycles. The topological polar surface area (TPSA) is 119 Å². The van der Waals surface area contributed by atoms with Crippen molar-refractivity contribution in [3.05, 3.63) is 29.8 Å². The third-order valence-corrected chi connectivity index (χ3v) is 4.92. The summed E-state index contributed by atoms with van der Waals surface area (Å²) in [7, 11) is -3.36. The zero-order valence-corrected chi connectivity index (χ0v) is 14.6. The van der Waals surface area contributed by atoms with Gasteiger partial charge in [0.1, 0.15) is 0 Å². The number of imide groups is 1. The molecule has 0 unspecified atom stereocenters. The number of carbonyl (C=O) groups excluding carboxylic acids is 3. The van der Waals surface area contributed by atoms with Gasteiger partial charge in [0.15, 0.2) is 16.4 Å². The Balaban J connectivity index is 1.78. The Hall–Kier alpha value is -2.42. The minimum atomic E-state index is -3.36. The summed E-state index contributed by atoms with van der Waals surface area (Å²) >= 11 is 0. The van der Waals surface area contributed by atoms with Gasteiger partial charge >= 0.3 is 12.0 Å². The minimum Gasteiger partial charge on any atom is -0.452 e. The van der Waals surface area contributed by atoms with E-state index in [2.05, 4.69) is 10.6 Å². The number of nitrogens with one attached hydrogen (secondary N) is 2.